The molecule has 2 rings (SSSR count). The Balaban J connectivity index is 2.02. The van der Waals surface area contributed by atoms with E-state index in [2.05, 4.69) is 10.6 Å². The molecule has 0 radical (unpaired) electrons. The number of hydrogen-bond donors (Lipinski definition) is 2. The second kappa shape index (κ2) is 8.53. The second-order valence-electron chi connectivity index (χ2n) is 5.00. The minimum absolute atomic E-state index is 0.120. The van der Waals surface area contributed by atoms with Crippen molar-refractivity contribution in [1.29, 1.82) is 15.8 Å². The van der Waals surface area contributed by atoms with Crippen LogP contribution in [-0.4, -0.2) is 5.91 Å². The summed E-state index contributed by atoms with van der Waals surface area (Å²) in [5.41, 5.74) is 1.64. The highest BCUT2D eigenvalue weighted by Gasteiger charge is 2.07. The molecule has 0 atom stereocenters. The van der Waals surface area contributed by atoms with E-state index in [-0.39, 0.29) is 23.6 Å². The Morgan fingerprint density at radius 3 is 1.88 bits per heavy atom. The summed E-state index contributed by atoms with van der Waals surface area (Å²) < 4.78 is 0. The molecule has 0 aliphatic heterocycles. The number of hydrogen-bond acceptors (Lipinski definition) is 5. The van der Waals surface area contributed by atoms with E-state index in [1.54, 1.807) is 42.5 Å². The third-order valence-electron chi connectivity index (χ3n) is 3.23. The maximum atomic E-state index is 12.0. The lowest BCUT2D eigenvalue weighted by Crippen LogP contribution is -2.14. The van der Waals surface area contributed by atoms with Crippen LogP contribution in [0.25, 0.3) is 0 Å². The molecule has 2 aromatic rings. The van der Waals surface area contributed by atoms with Gasteiger partial charge in [-0.15, -0.1) is 0 Å². The van der Waals surface area contributed by atoms with Crippen LogP contribution in [0.4, 0.5) is 11.4 Å². The van der Waals surface area contributed by atoms with Crippen LogP contribution in [0.15, 0.2) is 65.9 Å². The average Bonchev–Trinajstić information content (AvgIpc) is 2.64. The van der Waals surface area contributed by atoms with Crippen LogP contribution in [0.3, 0.4) is 0 Å². The zero-order valence-electron chi connectivity index (χ0n) is 13.2. The Morgan fingerprint density at radius 2 is 1.36 bits per heavy atom. The van der Waals surface area contributed by atoms with Gasteiger partial charge >= 0.3 is 0 Å². The molecule has 6 heteroatoms. The molecular formula is C19H13N5O. The predicted octanol–water partition coefficient (Wildman–Crippen LogP) is 3.10. The first-order valence-electron chi connectivity index (χ1n) is 7.31. The number of allylic oxidation sites excluding steroid dienone is 2. The molecule has 0 fully saturated rings. The van der Waals surface area contributed by atoms with Gasteiger partial charge in [-0.05, 0) is 29.8 Å². The van der Waals surface area contributed by atoms with Crippen molar-refractivity contribution in [3.05, 3.63) is 71.4 Å². The van der Waals surface area contributed by atoms with E-state index in [1.165, 1.54) is 0 Å². The summed E-state index contributed by atoms with van der Waals surface area (Å²) >= 11 is 0. The number of nitrogens with one attached hydrogen (secondary N) is 2. The van der Waals surface area contributed by atoms with Gasteiger partial charge in [-0.25, -0.2) is 0 Å². The highest BCUT2D eigenvalue weighted by Crippen LogP contribution is 2.16. The van der Waals surface area contributed by atoms with Crippen molar-refractivity contribution >= 4 is 17.3 Å². The van der Waals surface area contributed by atoms with Gasteiger partial charge in [0.15, 0.2) is 5.57 Å². The Hall–Kier alpha value is -4.08. The number of nitrogens with zero attached hydrogens (tertiary/aromatic N) is 3. The van der Waals surface area contributed by atoms with Crippen molar-refractivity contribution in [2.75, 3.05) is 10.6 Å². The Morgan fingerprint density at radius 1 is 0.800 bits per heavy atom. The van der Waals surface area contributed by atoms with Crippen molar-refractivity contribution in [2.45, 2.75) is 6.42 Å². The monoisotopic (exact) mass is 327 g/mol. The smallest absolute Gasteiger partial charge is 0.228 e. The average molecular weight is 327 g/mol. The van der Waals surface area contributed by atoms with E-state index in [0.29, 0.717) is 11.4 Å². The fourth-order valence-corrected chi connectivity index (χ4v) is 2.05. The molecule has 6 nitrogen and oxygen atoms in total. The minimum Gasteiger partial charge on any atom is -0.345 e. The van der Waals surface area contributed by atoms with Gasteiger partial charge in [0.1, 0.15) is 23.9 Å². The summed E-state index contributed by atoms with van der Waals surface area (Å²) in [5.74, 6) is -0.138. The number of carbonyl (C=O) groups is 1. The van der Waals surface area contributed by atoms with Gasteiger partial charge in [0, 0.05) is 11.4 Å². The third kappa shape index (κ3) is 4.96. The molecule has 0 aliphatic carbocycles. The van der Waals surface area contributed by atoms with Gasteiger partial charge in [-0.1, -0.05) is 30.3 Å². The summed E-state index contributed by atoms with van der Waals surface area (Å²) in [7, 11) is 0. The lowest BCUT2D eigenvalue weighted by atomic mass is 10.1. The fourth-order valence-electron chi connectivity index (χ4n) is 2.05. The summed E-state index contributed by atoms with van der Waals surface area (Å²) in [6.45, 7) is 0. The number of benzene rings is 2. The van der Waals surface area contributed by atoms with E-state index in [1.807, 2.05) is 30.3 Å². The maximum Gasteiger partial charge on any atom is 0.228 e. The molecule has 120 valence electrons. The number of anilines is 2. The molecular weight excluding hydrogens is 314 g/mol. The lowest BCUT2D eigenvalue weighted by Gasteiger charge is -2.08. The van der Waals surface area contributed by atoms with Crippen LogP contribution in [-0.2, 0) is 11.2 Å². The lowest BCUT2D eigenvalue weighted by molar-refractivity contribution is -0.115. The van der Waals surface area contributed by atoms with Crippen LogP contribution in [0.5, 0.6) is 0 Å². The second-order valence-corrected chi connectivity index (χ2v) is 5.00. The zero-order valence-corrected chi connectivity index (χ0v) is 13.2. The van der Waals surface area contributed by atoms with Crippen molar-refractivity contribution in [2.24, 2.45) is 0 Å². The third-order valence-corrected chi connectivity index (χ3v) is 3.23. The van der Waals surface area contributed by atoms with Crippen LogP contribution >= 0.6 is 0 Å². The molecule has 0 bridgehead atoms. The van der Waals surface area contributed by atoms with Crippen LogP contribution in [0.1, 0.15) is 5.56 Å². The minimum atomic E-state index is -0.289. The SMILES string of the molecule is N#CC(C#N)=C(C#N)Nc1ccc(NC(=O)Cc2ccccc2)cc1. The van der Waals surface area contributed by atoms with Crippen molar-refractivity contribution in [1.82, 2.24) is 0 Å². The zero-order chi connectivity index (χ0) is 18.1. The van der Waals surface area contributed by atoms with Gasteiger partial charge in [0.25, 0.3) is 0 Å². The summed E-state index contributed by atoms with van der Waals surface area (Å²) in [5, 5.41) is 32.1. The molecule has 0 aromatic heterocycles. The van der Waals surface area contributed by atoms with Gasteiger partial charge in [0.2, 0.25) is 5.91 Å². The van der Waals surface area contributed by atoms with E-state index >= 15 is 0 Å². The van der Waals surface area contributed by atoms with Gasteiger partial charge in [-0.2, -0.15) is 15.8 Å². The first-order chi connectivity index (χ1) is 12.2. The van der Waals surface area contributed by atoms with Crippen LogP contribution < -0.4 is 10.6 Å². The molecule has 0 saturated carbocycles. The summed E-state index contributed by atoms with van der Waals surface area (Å²) in [6.07, 6.45) is 0.274. The Bertz CT molecular complexity index is 894. The van der Waals surface area contributed by atoms with E-state index < -0.39 is 0 Å². The summed E-state index contributed by atoms with van der Waals surface area (Å²) in [4.78, 5) is 12.0. The normalized spacial score (nSPS) is 9.00. The fraction of sp³-hybridized carbons (Fsp3) is 0.0526. The molecule has 2 aromatic carbocycles. The number of amides is 1. The molecule has 0 unspecified atom stereocenters. The van der Waals surface area contributed by atoms with Crippen LogP contribution in [0.2, 0.25) is 0 Å². The molecule has 0 spiro atoms. The topological polar surface area (TPSA) is 112 Å². The summed E-state index contributed by atoms with van der Waals surface area (Å²) in [6, 6.07) is 21.1. The van der Waals surface area contributed by atoms with Crippen molar-refractivity contribution in [3.8, 4) is 18.2 Å². The number of rotatable bonds is 5. The molecule has 0 saturated heterocycles. The Labute approximate surface area is 145 Å². The maximum absolute atomic E-state index is 12.0. The van der Waals surface area contributed by atoms with E-state index in [0.717, 1.165) is 5.56 Å². The number of carbonyl (C=O) groups excluding carboxylic acids is 1. The van der Waals surface area contributed by atoms with Crippen molar-refractivity contribution in [3.63, 3.8) is 0 Å². The quantitative estimate of drug-likeness (QED) is 0.819. The molecule has 2 N–H and O–H groups in total. The first kappa shape index (κ1) is 17.3. The van der Waals surface area contributed by atoms with E-state index in [4.69, 9.17) is 15.8 Å². The molecule has 0 aliphatic rings. The number of nitriles is 3. The molecule has 25 heavy (non-hydrogen) atoms. The molecule has 1 amide bonds. The van der Waals surface area contributed by atoms with E-state index in [9.17, 15) is 4.79 Å². The van der Waals surface area contributed by atoms with Gasteiger partial charge in [0.05, 0.1) is 6.42 Å². The van der Waals surface area contributed by atoms with Gasteiger partial charge < -0.3 is 10.6 Å². The standard InChI is InChI=1S/C19H13N5O/c20-11-15(12-21)18(13-22)23-16-6-8-17(9-7-16)24-19(25)10-14-4-2-1-3-5-14/h1-9,23H,10H2,(H,24,25). The highest BCUT2D eigenvalue weighted by molar-refractivity contribution is 5.92. The first-order valence-corrected chi connectivity index (χ1v) is 7.31. The van der Waals surface area contributed by atoms with Crippen LogP contribution in [0, 0.1) is 34.0 Å². The molecule has 0 heterocycles. The van der Waals surface area contributed by atoms with Crippen molar-refractivity contribution < 1.29 is 4.79 Å². The Kier molecular flexibility index (Phi) is 5.89. The predicted molar refractivity (Wildman–Crippen MR) is 92.7 cm³/mol. The van der Waals surface area contributed by atoms with Gasteiger partial charge in [-0.3, -0.25) is 4.79 Å². The highest BCUT2D eigenvalue weighted by atomic mass is 16.1. The largest absolute Gasteiger partial charge is 0.345 e.